The van der Waals surface area contributed by atoms with Gasteiger partial charge >= 0.3 is 12.1 Å². The third-order valence-corrected chi connectivity index (χ3v) is 4.89. The van der Waals surface area contributed by atoms with Crippen LogP contribution in [-0.2, 0) is 11.0 Å². The predicted molar refractivity (Wildman–Crippen MR) is 89.9 cm³/mol. The van der Waals surface area contributed by atoms with Gasteiger partial charge in [-0.1, -0.05) is 11.6 Å². The van der Waals surface area contributed by atoms with Crippen LogP contribution >= 0.6 is 11.6 Å². The van der Waals surface area contributed by atoms with Gasteiger partial charge in [-0.3, -0.25) is 14.7 Å². The van der Waals surface area contributed by atoms with Crippen LogP contribution in [0.4, 0.5) is 13.2 Å². The first kappa shape index (κ1) is 18.7. The quantitative estimate of drug-likeness (QED) is 0.849. The predicted octanol–water partition coefficient (Wildman–Crippen LogP) is 4.39. The first-order valence-electron chi connectivity index (χ1n) is 8.04. The number of benzene rings is 1. The number of hydrogen-bond donors (Lipinski definition) is 1. The number of pyridine rings is 1. The molecule has 1 N–H and O–H groups in total. The summed E-state index contributed by atoms with van der Waals surface area (Å²) in [5.74, 6) is -0.996. The second-order valence-electron chi connectivity index (χ2n) is 6.15. The van der Waals surface area contributed by atoms with Crippen molar-refractivity contribution in [3.05, 3.63) is 64.4 Å². The molecule has 2 heterocycles. The third-order valence-electron chi connectivity index (χ3n) is 4.55. The highest BCUT2D eigenvalue weighted by Crippen LogP contribution is 2.40. The van der Waals surface area contributed by atoms with Crippen molar-refractivity contribution in [1.82, 2.24) is 9.88 Å². The van der Waals surface area contributed by atoms with E-state index in [1.807, 2.05) is 0 Å². The van der Waals surface area contributed by atoms with Crippen LogP contribution in [0, 0.1) is 0 Å². The van der Waals surface area contributed by atoms with E-state index in [9.17, 15) is 23.1 Å². The van der Waals surface area contributed by atoms with Gasteiger partial charge in [-0.15, -0.1) is 0 Å². The maximum Gasteiger partial charge on any atom is 0.416 e. The van der Waals surface area contributed by atoms with E-state index >= 15 is 0 Å². The zero-order valence-electron chi connectivity index (χ0n) is 13.6. The van der Waals surface area contributed by atoms with Crippen molar-refractivity contribution in [2.24, 2.45) is 0 Å². The van der Waals surface area contributed by atoms with E-state index in [2.05, 4.69) is 4.98 Å². The van der Waals surface area contributed by atoms with Crippen LogP contribution in [-0.4, -0.2) is 33.5 Å². The number of alkyl halides is 3. The maximum absolute atomic E-state index is 13.2. The Morgan fingerprint density at radius 2 is 1.96 bits per heavy atom. The van der Waals surface area contributed by atoms with Crippen molar-refractivity contribution in [1.29, 1.82) is 0 Å². The van der Waals surface area contributed by atoms with E-state index < -0.39 is 29.8 Å². The Hall–Kier alpha value is -2.12. The molecule has 1 aromatic heterocycles. The number of hydrogen-bond acceptors (Lipinski definition) is 3. The smallest absolute Gasteiger partial charge is 0.416 e. The van der Waals surface area contributed by atoms with Crippen LogP contribution in [0.1, 0.15) is 35.6 Å². The third kappa shape index (κ3) is 3.68. The Labute approximate surface area is 153 Å². The summed E-state index contributed by atoms with van der Waals surface area (Å²) in [7, 11) is 0. The van der Waals surface area contributed by atoms with E-state index in [0.29, 0.717) is 24.9 Å². The number of rotatable bonds is 4. The Morgan fingerprint density at radius 1 is 1.27 bits per heavy atom. The molecule has 0 radical (unpaired) electrons. The van der Waals surface area contributed by atoms with Gasteiger partial charge in [0.25, 0.3) is 0 Å². The van der Waals surface area contributed by atoms with E-state index in [1.165, 1.54) is 18.5 Å². The normalized spacial score (nSPS) is 19.5. The summed E-state index contributed by atoms with van der Waals surface area (Å²) < 4.78 is 39.6. The Balaban J connectivity index is 2.15. The fourth-order valence-corrected chi connectivity index (χ4v) is 3.61. The summed E-state index contributed by atoms with van der Waals surface area (Å²) in [6, 6.07) is 4.99. The average Bonchev–Trinajstić information content (AvgIpc) is 3.06. The lowest BCUT2D eigenvalue weighted by atomic mass is 9.95. The zero-order chi connectivity index (χ0) is 18.9. The van der Waals surface area contributed by atoms with Gasteiger partial charge in [-0.25, -0.2) is 0 Å². The van der Waals surface area contributed by atoms with Gasteiger partial charge in [0, 0.05) is 24.0 Å². The minimum Gasteiger partial charge on any atom is -0.480 e. The summed E-state index contributed by atoms with van der Waals surface area (Å²) in [5.41, 5.74) is 0.0669. The number of carboxylic acids is 1. The number of aliphatic carboxylic acids is 1. The number of carbonyl (C=O) groups is 1. The number of carboxylic acid groups (broad SMARTS) is 1. The molecular weight excluding hydrogens is 369 g/mol. The maximum atomic E-state index is 13.2. The molecule has 138 valence electrons. The van der Waals surface area contributed by atoms with Gasteiger partial charge in [0.1, 0.15) is 6.04 Å². The molecule has 1 aromatic carbocycles. The molecule has 1 aliphatic heterocycles. The molecule has 2 unspecified atom stereocenters. The lowest BCUT2D eigenvalue weighted by Crippen LogP contribution is -2.39. The van der Waals surface area contributed by atoms with Gasteiger partial charge in [0.05, 0.1) is 11.6 Å². The van der Waals surface area contributed by atoms with Crippen molar-refractivity contribution in [2.75, 3.05) is 6.54 Å². The molecular formula is C18H16ClF3N2O2. The van der Waals surface area contributed by atoms with Crippen molar-refractivity contribution in [2.45, 2.75) is 31.1 Å². The van der Waals surface area contributed by atoms with Gasteiger partial charge in [-0.2, -0.15) is 13.2 Å². The second-order valence-corrected chi connectivity index (χ2v) is 6.56. The van der Waals surface area contributed by atoms with E-state index in [0.717, 1.165) is 12.1 Å². The lowest BCUT2D eigenvalue weighted by Gasteiger charge is -2.32. The number of likely N-dealkylation sites (tertiary alicyclic amines) is 1. The Kier molecular flexibility index (Phi) is 5.20. The van der Waals surface area contributed by atoms with Crippen LogP contribution < -0.4 is 0 Å². The molecule has 1 aliphatic rings. The number of aromatic nitrogens is 1. The molecule has 2 atom stereocenters. The summed E-state index contributed by atoms with van der Waals surface area (Å²) in [4.78, 5) is 17.3. The second kappa shape index (κ2) is 7.25. The average molecular weight is 385 g/mol. The van der Waals surface area contributed by atoms with E-state index in [-0.39, 0.29) is 10.6 Å². The highest BCUT2D eigenvalue weighted by Gasteiger charge is 2.39. The molecule has 1 fully saturated rings. The molecule has 0 saturated carbocycles. The minimum absolute atomic E-state index is 0.163. The summed E-state index contributed by atoms with van der Waals surface area (Å²) >= 11 is 6.24. The molecule has 0 amide bonds. The minimum atomic E-state index is -4.51. The Morgan fingerprint density at radius 3 is 2.58 bits per heavy atom. The topological polar surface area (TPSA) is 53.4 Å². The molecule has 0 bridgehead atoms. The molecule has 4 nitrogen and oxygen atoms in total. The fraction of sp³-hybridized carbons (Fsp3) is 0.333. The first-order valence-corrected chi connectivity index (χ1v) is 8.42. The highest BCUT2D eigenvalue weighted by molar-refractivity contribution is 6.31. The van der Waals surface area contributed by atoms with Crippen LogP contribution in [0.2, 0.25) is 5.02 Å². The van der Waals surface area contributed by atoms with Gasteiger partial charge < -0.3 is 5.11 Å². The lowest BCUT2D eigenvalue weighted by molar-refractivity contribution is -0.143. The molecule has 1 saturated heterocycles. The van der Waals surface area contributed by atoms with Crippen LogP contribution in [0.3, 0.4) is 0 Å². The Bertz CT molecular complexity index is 799. The van der Waals surface area contributed by atoms with E-state index in [1.54, 1.807) is 17.0 Å². The number of nitrogens with zero attached hydrogens (tertiary/aromatic N) is 2. The monoisotopic (exact) mass is 384 g/mol. The molecule has 0 aliphatic carbocycles. The molecule has 3 rings (SSSR count). The van der Waals surface area contributed by atoms with Crippen LogP contribution in [0.25, 0.3) is 0 Å². The summed E-state index contributed by atoms with van der Waals surface area (Å²) in [5, 5.41) is 9.68. The van der Waals surface area contributed by atoms with Gasteiger partial charge in [0.15, 0.2) is 0 Å². The summed E-state index contributed by atoms with van der Waals surface area (Å²) in [6.45, 7) is 0.455. The van der Waals surface area contributed by atoms with Gasteiger partial charge in [-0.05, 0) is 54.3 Å². The van der Waals surface area contributed by atoms with Crippen molar-refractivity contribution in [3.63, 3.8) is 0 Å². The van der Waals surface area contributed by atoms with Gasteiger partial charge in [0.2, 0.25) is 0 Å². The fourth-order valence-electron chi connectivity index (χ4n) is 3.39. The summed E-state index contributed by atoms with van der Waals surface area (Å²) in [6.07, 6.45) is -0.382. The number of halogens is 4. The van der Waals surface area contributed by atoms with Crippen LogP contribution in [0.5, 0.6) is 0 Å². The molecule has 8 heteroatoms. The largest absolute Gasteiger partial charge is 0.480 e. The molecule has 0 spiro atoms. The SMILES string of the molecule is O=C(O)C1CCCN1C(c1ccncc1)c1cc(C(F)(F)F)ccc1Cl. The molecule has 2 aromatic rings. The first-order chi connectivity index (χ1) is 12.3. The van der Waals surface area contributed by atoms with Crippen molar-refractivity contribution >= 4 is 17.6 Å². The van der Waals surface area contributed by atoms with Crippen molar-refractivity contribution < 1.29 is 23.1 Å². The highest BCUT2D eigenvalue weighted by atomic mass is 35.5. The molecule has 26 heavy (non-hydrogen) atoms. The standard InChI is InChI=1S/C18H16ClF3N2O2/c19-14-4-3-12(18(20,21)22)10-13(14)16(11-5-7-23-8-6-11)24-9-1-2-15(24)17(25)26/h3-8,10,15-16H,1-2,9H2,(H,25,26). The van der Waals surface area contributed by atoms with E-state index in [4.69, 9.17) is 11.6 Å². The zero-order valence-corrected chi connectivity index (χ0v) is 14.3. The van der Waals surface area contributed by atoms with Crippen LogP contribution in [0.15, 0.2) is 42.7 Å². The van der Waals surface area contributed by atoms with Crippen molar-refractivity contribution in [3.8, 4) is 0 Å².